The van der Waals surface area contributed by atoms with Crippen molar-refractivity contribution < 1.29 is 17.6 Å². The van der Waals surface area contributed by atoms with Crippen molar-refractivity contribution in [3.8, 4) is 0 Å². The molecule has 3 rings (SSSR count). The number of carbonyl (C=O) groups is 1. The van der Waals surface area contributed by atoms with Crippen LogP contribution in [0, 0.1) is 6.92 Å². The number of hydrogen-bond acceptors (Lipinski definition) is 5. The second kappa shape index (κ2) is 8.69. The highest BCUT2D eigenvalue weighted by atomic mass is 32.2. The van der Waals surface area contributed by atoms with Gasteiger partial charge in [0, 0.05) is 37.8 Å². The fourth-order valence-electron chi connectivity index (χ4n) is 3.36. The van der Waals surface area contributed by atoms with Crippen LogP contribution in [-0.4, -0.2) is 67.7 Å². The Morgan fingerprint density at radius 1 is 1.14 bits per heavy atom. The van der Waals surface area contributed by atoms with Crippen LogP contribution in [0.5, 0.6) is 0 Å². The van der Waals surface area contributed by atoms with E-state index in [-0.39, 0.29) is 16.8 Å². The van der Waals surface area contributed by atoms with E-state index in [2.05, 4.69) is 4.90 Å². The molecule has 0 bridgehead atoms. The lowest BCUT2D eigenvalue weighted by Crippen LogP contribution is -2.47. The molecule has 1 amide bonds. The quantitative estimate of drug-likeness (QED) is 0.720. The largest absolute Gasteiger partial charge is 0.464 e. The first-order chi connectivity index (χ1) is 13.7. The molecule has 8 heteroatoms. The SMILES string of the molecule is Cc1ccc(CN(C(=O)c2cccc(S(=O)(=O)N3CCN(C)CC3)c2)C(C)C)o1. The molecule has 2 aromatic rings. The fraction of sp³-hybridized carbons (Fsp3) is 0.476. The standard InChI is InChI=1S/C21H29N3O4S/c1-16(2)24(15-19-9-8-17(3)28-19)21(25)18-6-5-7-20(14-18)29(26,27)23-12-10-22(4)11-13-23/h5-9,14,16H,10-13,15H2,1-4H3. The summed E-state index contributed by atoms with van der Waals surface area (Å²) >= 11 is 0. The molecule has 1 aromatic heterocycles. The Bertz CT molecular complexity index is 960. The molecule has 1 aliphatic rings. The zero-order valence-electron chi connectivity index (χ0n) is 17.5. The maximum absolute atomic E-state index is 13.2. The van der Waals surface area contributed by atoms with Crippen LogP contribution in [0.2, 0.25) is 0 Å². The molecule has 0 unspecified atom stereocenters. The zero-order valence-corrected chi connectivity index (χ0v) is 18.3. The van der Waals surface area contributed by atoms with Crippen molar-refractivity contribution in [1.29, 1.82) is 0 Å². The minimum absolute atomic E-state index is 0.0641. The van der Waals surface area contributed by atoms with E-state index in [1.165, 1.54) is 10.4 Å². The molecule has 0 saturated carbocycles. The molecule has 2 heterocycles. The van der Waals surface area contributed by atoms with Crippen molar-refractivity contribution in [2.75, 3.05) is 33.2 Å². The van der Waals surface area contributed by atoms with Crippen molar-refractivity contribution in [2.45, 2.75) is 38.3 Å². The van der Waals surface area contributed by atoms with E-state index in [1.54, 1.807) is 23.1 Å². The Balaban J connectivity index is 1.84. The molecule has 1 fully saturated rings. The van der Waals surface area contributed by atoms with Crippen LogP contribution in [0.25, 0.3) is 0 Å². The maximum atomic E-state index is 13.2. The summed E-state index contributed by atoms with van der Waals surface area (Å²) in [5.74, 6) is 1.27. The molecule has 1 aromatic carbocycles. The third kappa shape index (κ3) is 4.88. The lowest BCUT2D eigenvalue weighted by Gasteiger charge is -2.31. The van der Waals surface area contributed by atoms with Crippen molar-refractivity contribution in [3.63, 3.8) is 0 Å². The first-order valence-electron chi connectivity index (χ1n) is 9.83. The van der Waals surface area contributed by atoms with E-state index in [4.69, 9.17) is 4.42 Å². The van der Waals surface area contributed by atoms with Gasteiger partial charge in [-0.1, -0.05) is 6.07 Å². The molecular weight excluding hydrogens is 390 g/mol. The number of rotatable bonds is 6. The Kier molecular flexibility index (Phi) is 6.45. The van der Waals surface area contributed by atoms with Crippen molar-refractivity contribution in [2.24, 2.45) is 0 Å². The van der Waals surface area contributed by atoms with Gasteiger partial charge in [-0.25, -0.2) is 8.42 Å². The highest BCUT2D eigenvalue weighted by Gasteiger charge is 2.29. The molecule has 0 N–H and O–H groups in total. The number of hydrogen-bond donors (Lipinski definition) is 0. The molecule has 158 valence electrons. The number of amides is 1. The van der Waals surface area contributed by atoms with Crippen LogP contribution >= 0.6 is 0 Å². The molecule has 0 spiro atoms. The predicted octanol–water partition coefficient (Wildman–Crippen LogP) is 2.57. The van der Waals surface area contributed by atoms with Crippen molar-refractivity contribution in [1.82, 2.24) is 14.1 Å². The van der Waals surface area contributed by atoms with Gasteiger partial charge in [0.2, 0.25) is 10.0 Å². The third-order valence-electron chi connectivity index (χ3n) is 5.19. The van der Waals surface area contributed by atoms with Gasteiger partial charge >= 0.3 is 0 Å². The van der Waals surface area contributed by atoms with E-state index in [0.29, 0.717) is 44.0 Å². The molecular formula is C21H29N3O4S. The average molecular weight is 420 g/mol. The number of carbonyl (C=O) groups excluding carboxylic acids is 1. The van der Waals surface area contributed by atoms with Crippen LogP contribution in [0.1, 0.15) is 35.7 Å². The summed E-state index contributed by atoms with van der Waals surface area (Å²) in [6, 6.07) is 9.98. The lowest BCUT2D eigenvalue weighted by atomic mass is 10.1. The number of benzene rings is 1. The summed E-state index contributed by atoms with van der Waals surface area (Å²) in [6.45, 7) is 8.34. The normalized spacial score (nSPS) is 16.3. The van der Waals surface area contributed by atoms with Crippen LogP contribution < -0.4 is 0 Å². The number of piperazine rings is 1. The Hall–Kier alpha value is -2.16. The van der Waals surface area contributed by atoms with Crippen LogP contribution in [0.15, 0.2) is 45.7 Å². The summed E-state index contributed by atoms with van der Waals surface area (Å²) < 4.78 is 33.2. The topological polar surface area (TPSA) is 74.1 Å². The predicted molar refractivity (Wildman–Crippen MR) is 111 cm³/mol. The lowest BCUT2D eigenvalue weighted by molar-refractivity contribution is 0.0675. The Morgan fingerprint density at radius 3 is 2.41 bits per heavy atom. The van der Waals surface area contributed by atoms with Gasteiger partial charge in [0.05, 0.1) is 11.4 Å². The molecule has 7 nitrogen and oxygen atoms in total. The number of aryl methyl sites for hydroxylation is 1. The summed E-state index contributed by atoms with van der Waals surface area (Å²) in [5, 5.41) is 0. The van der Waals surface area contributed by atoms with E-state index >= 15 is 0 Å². The molecule has 0 aliphatic carbocycles. The average Bonchev–Trinajstić information content (AvgIpc) is 3.11. The smallest absolute Gasteiger partial charge is 0.254 e. The van der Waals surface area contributed by atoms with Crippen LogP contribution in [0.4, 0.5) is 0 Å². The van der Waals surface area contributed by atoms with Gasteiger partial charge in [-0.05, 0) is 58.2 Å². The molecule has 1 saturated heterocycles. The summed E-state index contributed by atoms with van der Waals surface area (Å²) in [5.41, 5.74) is 0.359. The monoisotopic (exact) mass is 419 g/mol. The molecule has 0 atom stereocenters. The second-order valence-electron chi connectivity index (χ2n) is 7.77. The summed E-state index contributed by atoms with van der Waals surface area (Å²) in [4.78, 5) is 17.1. The number of likely N-dealkylation sites (N-methyl/N-ethyl adjacent to an activating group) is 1. The van der Waals surface area contributed by atoms with Gasteiger partial charge in [-0.3, -0.25) is 4.79 Å². The molecule has 29 heavy (non-hydrogen) atoms. The van der Waals surface area contributed by atoms with Gasteiger partial charge in [0.25, 0.3) is 5.91 Å². The molecule has 1 aliphatic heterocycles. The first-order valence-corrected chi connectivity index (χ1v) is 11.3. The van der Waals surface area contributed by atoms with Gasteiger partial charge in [-0.15, -0.1) is 0 Å². The van der Waals surface area contributed by atoms with E-state index in [9.17, 15) is 13.2 Å². The zero-order chi connectivity index (χ0) is 21.2. The van der Waals surface area contributed by atoms with Crippen molar-refractivity contribution >= 4 is 15.9 Å². The van der Waals surface area contributed by atoms with Gasteiger partial charge in [-0.2, -0.15) is 4.31 Å². The van der Waals surface area contributed by atoms with E-state index in [0.717, 1.165) is 5.76 Å². The number of sulfonamides is 1. The van der Waals surface area contributed by atoms with Gasteiger partial charge < -0.3 is 14.2 Å². The fourth-order valence-corrected chi connectivity index (χ4v) is 4.83. The Morgan fingerprint density at radius 2 is 1.83 bits per heavy atom. The third-order valence-corrected chi connectivity index (χ3v) is 7.08. The minimum Gasteiger partial charge on any atom is -0.464 e. The summed E-state index contributed by atoms with van der Waals surface area (Å²) in [6.07, 6.45) is 0. The number of nitrogens with zero attached hydrogens (tertiary/aromatic N) is 3. The highest BCUT2D eigenvalue weighted by molar-refractivity contribution is 7.89. The van der Waals surface area contributed by atoms with Gasteiger partial charge in [0.15, 0.2) is 0 Å². The van der Waals surface area contributed by atoms with Gasteiger partial charge in [0.1, 0.15) is 11.5 Å². The first kappa shape index (κ1) is 21.5. The van der Waals surface area contributed by atoms with Crippen LogP contribution in [0.3, 0.4) is 0 Å². The minimum atomic E-state index is -3.63. The number of furan rings is 1. The second-order valence-corrected chi connectivity index (χ2v) is 9.71. The maximum Gasteiger partial charge on any atom is 0.254 e. The highest BCUT2D eigenvalue weighted by Crippen LogP contribution is 2.21. The van der Waals surface area contributed by atoms with Crippen molar-refractivity contribution in [3.05, 3.63) is 53.5 Å². The Labute approximate surface area is 172 Å². The summed E-state index contributed by atoms with van der Waals surface area (Å²) in [7, 11) is -1.65. The van der Waals surface area contributed by atoms with E-state index < -0.39 is 10.0 Å². The molecule has 0 radical (unpaired) electrons. The van der Waals surface area contributed by atoms with Crippen LogP contribution in [-0.2, 0) is 16.6 Å². The van der Waals surface area contributed by atoms with E-state index in [1.807, 2.05) is 40.0 Å².